The topological polar surface area (TPSA) is 71.1 Å². The van der Waals surface area contributed by atoms with Gasteiger partial charge in [-0.05, 0) is 67.8 Å². The Labute approximate surface area is 194 Å². The van der Waals surface area contributed by atoms with Crippen LogP contribution in [-0.2, 0) is 15.9 Å². The number of rotatable bonds is 12. The Hall–Kier alpha value is -3.64. The highest BCUT2D eigenvalue weighted by Gasteiger charge is 2.12. The molecule has 0 amide bonds. The zero-order valence-corrected chi connectivity index (χ0v) is 18.7. The molecule has 0 spiro atoms. The Bertz CT molecular complexity index is 1010. The van der Waals surface area contributed by atoms with E-state index in [1.165, 1.54) is 11.6 Å². The molecule has 0 saturated heterocycles. The number of carbonyl (C=O) groups excluding carboxylic acids is 2. The van der Waals surface area contributed by atoms with E-state index in [4.69, 9.17) is 18.9 Å². The van der Waals surface area contributed by atoms with Crippen LogP contribution in [0.2, 0.25) is 0 Å². The minimum absolute atomic E-state index is 0.274. The van der Waals surface area contributed by atoms with Gasteiger partial charge in [-0.1, -0.05) is 36.4 Å². The van der Waals surface area contributed by atoms with E-state index in [0.29, 0.717) is 43.3 Å². The molecule has 0 unspecified atom stereocenters. The molecule has 0 heterocycles. The Morgan fingerprint density at radius 1 is 0.727 bits per heavy atom. The van der Waals surface area contributed by atoms with Crippen LogP contribution in [-0.4, -0.2) is 38.4 Å². The van der Waals surface area contributed by atoms with E-state index in [-0.39, 0.29) is 5.75 Å². The van der Waals surface area contributed by atoms with E-state index in [1.54, 1.807) is 42.5 Å². The van der Waals surface area contributed by atoms with Crippen molar-refractivity contribution in [2.75, 3.05) is 26.4 Å². The SMILES string of the molecule is CCOCCOc1ccc(C(=O)Oc2cccc(C(=O)OCCCc3ccccc3)c2)cc1. The van der Waals surface area contributed by atoms with Crippen LogP contribution in [0.5, 0.6) is 11.5 Å². The first-order valence-corrected chi connectivity index (χ1v) is 11.0. The van der Waals surface area contributed by atoms with Crippen molar-refractivity contribution in [2.45, 2.75) is 19.8 Å². The second-order valence-electron chi connectivity index (χ2n) is 7.21. The van der Waals surface area contributed by atoms with Crippen LogP contribution in [0.25, 0.3) is 0 Å². The molecule has 0 bridgehead atoms. The van der Waals surface area contributed by atoms with Crippen LogP contribution >= 0.6 is 0 Å². The number of benzene rings is 3. The third-order valence-electron chi connectivity index (χ3n) is 4.76. The number of esters is 2. The Balaban J connectivity index is 1.47. The zero-order valence-electron chi connectivity index (χ0n) is 18.7. The first-order valence-electron chi connectivity index (χ1n) is 11.0. The van der Waals surface area contributed by atoms with Crippen molar-refractivity contribution in [3.63, 3.8) is 0 Å². The predicted molar refractivity (Wildman–Crippen MR) is 125 cm³/mol. The molecule has 33 heavy (non-hydrogen) atoms. The van der Waals surface area contributed by atoms with E-state index < -0.39 is 11.9 Å². The molecule has 3 aromatic carbocycles. The third kappa shape index (κ3) is 8.09. The minimum Gasteiger partial charge on any atom is -0.491 e. The normalized spacial score (nSPS) is 10.5. The van der Waals surface area contributed by atoms with Crippen LogP contribution in [0.4, 0.5) is 0 Å². The van der Waals surface area contributed by atoms with Crippen molar-refractivity contribution in [2.24, 2.45) is 0 Å². The summed E-state index contributed by atoms with van der Waals surface area (Å²) < 4.78 is 21.5. The molecule has 0 aliphatic carbocycles. The summed E-state index contributed by atoms with van der Waals surface area (Å²) in [4.78, 5) is 24.8. The highest BCUT2D eigenvalue weighted by atomic mass is 16.5. The molecule has 0 radical (unpaired) electrons. The Morgan fingerprint density at radius 2 is 1.52 bits per heavy atom. The Morgan fingerprint density at radius 3 is 2.27 bits per heavy atom. The Kier molecular flexibility index (Phi) is 9.48. The lowest BCUT2D eigenvalue weighted by Gasteiger charge is -2.09. The van der Waals surface area contributed by atoms with Gasteiger partial charge in [0.25, 0.3) is 0 Å². The first kappa shape index (κ1) is 24.0. The fourth-order valence-electron chi connectivity index (χ4n) is 3.07. The van der Waals surface area contributed by atoms with E-state index in [9.17, 15) is 9.59 Å². The van der Waals surface area contributed by atoms with Crippen LogP contribution < -0.4 is 9.47 Å². The lowest BCUT2D eigenvalue weighted by Crippen LogP contribution is -2.11. The molecular weight excluding hydrogens is 420 g/mol. The van der Waals surface area contributed by atoms with Crippen molar-refractivity contribution in [1.82, 2.24) is 0 Å². The summed E-state index contributed by atoms with van der Waals surface area (Å²) in [6.45, 7) is 3.82. The average molecular weight is 449 g/mol. The maximum atomic E-state index is 12.5. The van der Waals surface area contributed by atoms with Gasteiger partial charge in [0.05, 0.1) is 24.3 Å². The fourth-order valence-corrected chi connectivity index (χ4v) is 3.07. The standard InChI is InChI=1S/C27H28O6/c1-2-30-18-19-31-24-15-13-22(14-16-24)27(29)33-25-12-6-11-23(20-25)26(28)32-17-7-10-21-8-4-3-5-9-21/h3-6,8-9,11-16,20H,2,7,10,17-19H2,1H3. The third-order valence-corrected chi connectivity index (χ3v) is 4.76. The second kappa shape index (κ2) is 13.0. The molecule has 172 valence electrons. The van der Waals surface area contributed by atoms with E-state index in [1.807, 2.05) is 37.3 Å². The van der Waals surface area contributed by atoms with E-state index >= 15 is 0 Å². The van der Waals surface area contributed by atoms with Gasteiger partial charge in [-0.25, -0.2) is 9.59 Å². The molecule has 0 atom stereocenters. The zero-order chi connectivity index (χ0) is 23.3. The van der Waals surface area contributed by atoms with Crippen LogP contribution in [0.3, 0.4) is 0 Å². The molecule has 0 aromatic heterocycles. The van der Waals surface area contributed by atoms with Crippen LogP contribution in [0.1, 0.15) is 39.6 Å². The van der Waals surface area contributed by atoms with Gasteiger partial charge in [0.15, 0.2) is 0 Å². The molecule has 0 aliphatic heterocycles. The smallest absolute Gasteiger partial charge is 0.343 e. The largest absolute Gasteiger partial charge is 0.491 e. The molecule has 3 aromatic rings. The van der Waals surface area contributed by atoms with E-state index in [2.05, 4.69) is 0 Å². The molecule has 0 saturated carbocycles. The molecule has 3 rings (SSSR count). The van der Waals surface area contributed by atoms with Gasteiger partial charge in [-0.2, -0.15) is 0 Å². The number of carbonyl (C=O) groups is 2. The summed E-state index contributed by atoms with van der Waals surface area (Å²) in [5, 5.41) is 0. The predicted octanol–water partition coefficient (Wildman–Crippen LogP) is 5.11. The summed E-state index contributed by atoms with van der Waals surface area (Å²) in [6, 6.07) is 23.1. The van der Waals surface area contributed by atoms with Crippen LogP contribution in [0.15, 0.2) is 78.9 Å². The van der Waals surface area contributed by atoms with Crippen molar-refractivity contribution in [1.29, 1.82) is 0 Å². The number of hydrogen-bond donors (Lipinski definition) is 0. The average Bonchev–Trinajstić information content (AvgIpc) is 2.85. The molecule has 0 N–H and O–H groups in total. The van der Waals surface area contributed by atoms with Gasteiger partial charge < -0.3 is 18.9 Å². The maximum absolute atomic E-state index is 12.5. The summed E-state index contributed by atoms with van der Waals surface area (Å²) in [7, 11) is 0. The fraction of sp³-hybridized carbons (Fsp3) is 0.259. The quantitative estimate of drug-likeness (QED) is 0.218. The molecular formula is C27H28O6. The summed E-state index contributed by atoms with van der Waals surface area (Å²) in [5.41, 5.74) is 1.91. The van der Waals surface area contributed by atoms with Gasteiger partial charge in [0, 0.05) is 6.61 Å². The van der Waals surface area contributed by atoms with Gasteiger partial charge in [0.2, 0.25) is 0 Å². The number of aryl methyl sites for hydroxylation is 1. The van der Waals surface area contributed by atoms with Crippen molar-refractivity contribution in [3.05, 3.63) is 95.6 Å². The van der Waals surface area contributed by atoms with Gasteiger partial charge in [0.1, 0.15) is 18.1 Å². The lowest BCUT2D eigenvalue weighted by molar-refractivity contribution is 0.0498. The highest BCUT2D eigenvalue weighted by molar-refractivity contribution is 5.92. The maximum Gasteiger partial charge on any atom is 0.343 e. The van der Waals surface area contributed by atoms with Crippen molar-refractivity contribution >= 4 is 11.9 Å². The van der Waals surface area contributed by atoms with Gasteiger partial charge >= 0.3 is 11.9 Å². The summed E-state index contributed by atoms with van der Waals surface area (Å²) in [6.07, 6.45) is 1.57. The number of ether oxygens (including phenoxy) is 4. The lowest BCUT2D eigenvalue weighted by atomic mass is 10.1. The summed E-state index contributed by atoms with van der Waals surface area (Å²) in [5.74, 6) is -0.0576. The molecule has 6 heteroatoms. The van der Waals surface area contributed by atoms with E-state index in [0.717, 1.165) is 12.8 Å². The minimum atomic E-state index is -0.524. The first-order chi connectivity index (χ1) is 16.2. The van der Waals surface area contributed by atoms with Gasteiger partial charge in [-0.15, -0.1) is 0 Å². The molecule has 6 nitrogen and oxygen atoms in total. The second-order valence-corrected chi connectivity index (χ2v) is 7.21. The molecule has 0 fully saturated rings. The van der Waals surface area contributed by atoms with Gasteiger partial charge in [-0.3, -0.25) is 0 Å². The summed E-state index contributed by atoms with van der Waals surface area (Å²) >= 11 is 0. The highest BCUT2D eigenvalue weighted by Crippen LogP contribution is 2.18. The molecule has 0 aliphatic rings. The van der Waals surface area contributed by atoms with Crippen molar-refractivity contribution < 1.29 is 28.5 Å². The number of hydrogen-bond acceptors (Lipinski definition) is 6. The van der Waals surface area contributed by atoms with Crippen molar-refractivity contribution in [3.8, 4) is 11.5 Å². The van der Waals surface area contributed by atoms with Crippen LogP contribution in [0, 0.1) is 0 Å². The monoisotopic (exact) mass is 448 g/mol.